The topological polar surface area (TPSA) is 59.1 Å². The summed E-state index contributed by atoms with van der Waals surface area (Å²) in [5.74, 6) is 0.987. The van der Waals surface area contributed by atoms with Gasteiger partial charge in [0.1, 0.15) is 5.75 Å². The van der Waals surface area contributed by atoms with Gasteiger partial charge in [-0.3, -0.25) is 4.98 Å². The third-order valence-corrected chi connectivity index (χ3v) is 3.83. The predicted octanol–water partition coefficient (Wildman–Crippen LogP) is 2.85. The van der Waals surface area contributed by atoms with E-state index >= 15 is 0 Å². The van der Waals surface area contributed by atoms with E-state index in [0.29, 0.717) is 12.2 Å². The van der Waals surface area contributed by atoms with Crippen LogP contribution in [-0.4, -0.2) is 10.1 Å². The minimum absolute atomic E-state index is 0.226. The quantitative estimate of drug-likeness (QED) is 0.830. The van der Waals surface area contributed by atoms with Crippen LogP contribution in [0, 0.1) is 6.92 Å². The van der Waals surface area contributed by atoms with E-state index in [1.54, 1.807) is 24.9 Å². The molecule has 2 rings (SSSR count). The van der Waals surface area contributed by atoms with Crippen LogP contribution >= 0.6 is 11.8 Å². The van der Waals surface area contributed by atoms with E-state index in [1.165, 1.54) is 4.90 Å². The van der Waals surface area contributed by atoms with Crippen molar-refractivity contribution in [3.8, 4) is 5.75 Å². The van der Waals surface area contributed by atoms with Crippen LogP contribution in [0.15, 0.2) is 41.4 Å². The van der Waals surface area contributed by atoms with E-state index in [2.05, 4.69) is 17.1 Å². The fourth-order valence-corrected chi connectivity index (χ4v) is 2.63. The van der Waals surface area contributed by atoms with Gasteiger partial charge in [-0.2, -0.15) is 0 Å². The second kappa shape index (κ2) is 5.89. The number of aryl methyl sites for hydroxylation is 1. The Labute approximate surface area is 111 Å². The summed E-state index contributed by atoms with van der Waals surface area (Å²) in [6, 6.07) is 10.1. The lowest BCUT2D eigenvalue weighted by Gasteiger charge is -2.10. The average Bonchev–Trinajstić information content (AvgIpc) is 2.41. The van der Waals surface area contributed by atoms with E-state index in [4.69, 9.17) is 5.73 Å². The van der Waals surface area contributed by atoms with Gasteiger partial charge in [0.2, 0.25) is 0 Å². The first-order valence-corrected chi connectivity index (χ1v) is 6.75. The standard InChI is InChI=1S/C14H16N2OS/c1-10-14(17)13(7-15)11(8-16-10)9-18-12-5-3-2-4-6-12/h2-6,8,17H,7,9,15H2,1H3. The molecule has 1 aromatic carbocycles. The lowest BCUT2D eigenvalue weighted by Crippen LogP contribution is -2.03. The molecule has 0 aliphatic carbocycles. The largest absolute Gasteiger partial charge is 0.506 e. The van der Waals surface area contributed by atoms with E-state index < -0.39 is 0 Å². The SMILES string of the molecule is Cc1ncc(CSc2ccccc2)c(CN)c1O. The molecular weight excluding hydrogens is 244 g/mol. The first-order valence-electron chi connectivity index (χ1n) is 5.76. The van der Waals surface area contributed by atoms with Crippen LogP contribution in [0.4, 0.5) is 0 Å². The first kappa shape index (κ1) is 12.9. The summed E-state index contributed by atoms with van der Waals surface area (Å²) in [5.41, 5.74) is 8.11. The summed E-state index contributed by atoms with van der Waals surface area (Å²) in [5, 5.41) is 9.92. The van der Waals surface area contributed by atoms with Gasteiger partial charge in [-0.05, 0) is 24.6 Å². The summed E-state index contributed by atoms with van der Waals surface area (Å²) < 4.78 is 0. The molecular formula is C14H16N2OS. The minimum atomic E-state index is 0.226. The van der Waals surface area contributed by atoms with Gasteiger partial charge in [0, 0.05) is 29.0 Å². The highest BCUT2D eigenvalue weighted by molar-refractivity contribution is 7.98. The summed E-state index contributed by atoms with van der Waals surface area (Å²) in [7, 11) is 0. The number of aromatic nitrogens is 1. The summed E-state index contributed by atoms with van der Waals surface area (Å²) >= 11 is 1.71. The monoisotopic (exact) mass is 260 g/mol. The number of rotatable bonds is 4. The number of nitrogens with zero attached hydrogens (tertiary/aromatic N) is 1. The number of aromatic hydroxyl groups is 1. The van der Waals surface area contributed by atoms with Gasteiger partial charge in [-0.1, -0.05) is 18.2 Å². The maximum Gasteiger partial charge on any atom is 0.141 e. The average molecular weight is 260 g/mol. The Hall–Kier alpha value is -1.52. The number of hydrogen-bond acceptors (Lipinski definition) is 4. The highest BCUT2D eigenvalue weighted by atomic mass is 32.2. The third-order valence-electron chi connectivity index (χ3n) is 2.77. The highest BCUT2D eigenvalue weighted by Gasteiger charge is 2.10. The zero-order chi connectivity index (χ0) is 13.0. The molecule has 0 atom stereocenters. The van der Waals surface area contributed by atoms with Crippen molar-refractivity contribution in [3.63, 3.8) is 0 Å². The van der Waals surface area contributed by atoms with E-state index in [1.807, 2.05) is 18.2 Å². The van der Waals surface area contributed by atoms with Crippen molar-refractivity contribution in [1.29, 1.82) is 0 Å². The highest BCUT2D eigenvalue weighted by Crippen LogP contribution is 2.28. The minimum Gasteiger partial charge on any atom is -0.506 e. The van der Waals surface area contributed by atoms with Gasteiger partial charge in [-0.15, -0.1) is 11.8 Å². The van der Waals surface area contributed by atoms with Crippen LogP contribution in [-0.2, 0) is 12.3 Å². The molecule has 0 amide bonds. The van der Waals surface area contributed by atoms with Crippen LogP contribution in [0.3, 0.4) is 0 Å². The smallest absolute Gasteiger partial charge is 0.141 e. The molecule has 0 spiro atoms. The van der Waals surface area contributed by atoms with Gasteiger partial charge >= 0.3 is 0 Å². The fourth-order valence-electron chi connectivity index (χ4n) is 1.71. The van der Waals surface area contributed by atoms with Gasteiger partial charge in [0.25, 0.3) is 0 Å². The summed E-state index contributed by atoms with van der Waals surface area (Å²) in [6.07, 6.45) is 1.80. The van der Waals surface area contributed by atoms with E-state index in [0.717, 1.165) is 16.9 Å². The molecule has 0 radical (unpaired) electrons. The Kier molecular flexibility index (Phi) is 4.23. The molecule has 0 fully saturated rings. The normalized spacial score (nSPS) is 10.6. The number of hydrogen-bond donors (Lipinski definition) is 2. The molecule has 0 aliphatic rings. The van der Waals surface area contributed by atoms with Crippen LogP contribution in [0.2, 0.25) is 0 Å². The van der Waals surface area contributed by atoms with Gasteiger partial charge < -0.3 is 10.8 Å². The molecule has 2 aromatic rings. The Morgan fingerprint density at radius 1 is 1.28 bits per heavy atom. The van der Waals surface area contributed by atoms with Gasteiger partial charge in [0.15, 0.2) is 0 Å². The third kappa shape index (κ3) is 2.83. The lowest BCUT2D eigenvalue weighted by atomic mass is 10.1. The first-order chi connectivity index (χ1) is 8.72. The van der Waals surface area contributed by atoms with Crippen molar-refractivity contribution in [2.45, 2.75) is 24.1 Å². The van der Waals surface area contributed by atoms with Crippen molar-refractivity contribution < 1.29 is 5.11 Å². The van der Waals surface area contributed by atoms with Gasteiger partial charge in [-0.25, -0.2) is 0 Å². The maximum atomic E-state index is 9.92. The molecule has 3 N–H and O–H groups in total. The van der Waals surface area contributed by atoms with Crippen molar-refractivity contribution in [2.24, 2.45) is 5.73 Å². The lowest BCUT2D eigenvalue weighted by molar-refractivity contribution is 0.459. The molecule has 0 aliphatic heterocycles. The van der Waals surface area contributed by atoms with Crippen LogP contribution in [0.25, 0.3) is 0 Å². The molecule has 94 valence electrons. The van der Waals surface area contributed by atoms with E-state index in [9.17, 15) is 5.11 Å². The Morgan fingerprint density at radius 3 is 2.67 bits per heavy atom. The molecule has 0 saturated carbocycles. The molecule has 1 heterocycles. The second-order valence-corrected chi connectivity index (χ2v) is 5.05. The predicted molar refractivity (Wildman–Crippen MR) is 74.5 cm³/mol. The number of thioether (sulfide) groups is 1. The van der Waals surface area contributed by atoms with Crippen molar-refractivity contribution in [2.75, 3.05) is 0 Å². The Morgan fingerprint density at radius 2 is 2.00 bits per heavy atom. The van der Waals surface area contributed by atoms with E-state index in [-0.39, 0.29) is 5.75 Å². The van der Waals surface area contributed by atoms with Crippen molar-refractivity contribution >= 4 is 11.8 Å². The maximum absolute atomic E-state index is 9.92. The molecule has 1 aromatic heterocycles. The van der Waals surface area contributed by atoms with Crippen LogP contribution in [0.5, 0.6) is 5.75 Å². The van der Waals surface area contributed by atoms with Gasteiger partial charge in [0.05, 0.1) is 5.69 Å². The second-order valence-electron chi connectivity index (χ2n) is 4.00. The molecule has 18 heavy (non-hydrogen) atoms. The van der Waals surface area contributed by atoms with Crippen molar-refractivity contribution in [3.05, 3.63) is 53.3 Å². The summed E-state index contributed by atoms with van der Waals surface area (Å²) in [4.78, 5) is 5.38. The van der Waals surface area contributed by atoms with Crippen LogP contribution in [0.1, 0.15) is 16.8 Å². The van der Waals surface area contributed by atoms with Crippen molar-refractivity contribution in [1.82, 2.24) is 4.98 Å². The fraction of sp³-hybridized carbons (Fsp3) is 0.214. The molecule has 4 heteroatoms. The zero-order valence-electron chi connectivity index (χ0n) is 10.3. The summed E-state index contributed by atoms with van der Waals surface area (Å²) in [6.45, 7) is 2.11. The zero-order valence-corrected chi connectivity index (χ0v) is 11.1. The Balaban J connectivity index is 2.17. The number of benzene rings is 1. The molecule has 0 saturated heterocycles. The van der Waals surface area contributed by atoms with Crippen LogP contribution < -0.4 is 5.73 Å². The number of nitrogens with two attached hydrogens (primary N) is 1. The number of pyridine rings is 1. The molecule has 0 unspecified atom stereocenters. The molecule has 3 nitrogen and oxygen atoms in total. The Bertz CT molecular complexity index is 529. The molecule has 0 bridgehead atoms.